The molecule has 1 aromatic rings. The highest BCUT2D eigenvalue weighted by molar-refractivity contribution is 9.11. The highest BCUT2D eigenvalue weighted by Gasteiger charge is 2.22. The van der Waals surface area contributed by atoms with Gasteiger partial charge in [0.1, 0.15) is 0 Å². The Kier molecular flexibility index (Phi) is 6.20. The number of thiophene rings is 1. The molecule has 6 heteroatoms. The van der Waals surface area contributed by atoms with Gasteiger partial charge in [0, 0.05) is 12.6 Å². The number of rotatable bonds is 6. The van der Waals surface area contributed by atoms with Crippen LogP contribution in [0.4, 0.5) is 0 Å². The molecule has 2 amide bonds. The predicted molar refractivity (Wildman–Crippen MR) is 86.1 cm³/mol. The zero-order chi connectivity index (χ0) is 15.3. The summed E-state index contributed by atoms with van der Waals surface area (Å²) in [5.74, 6) is -0.265. The summed E-state index contributed by atoms with van der Waals surface area (Å²) < 4.78 is 0.905. The van der Waals surface area contributed by atoms with E-state index in [0.29, 0.717) is 4.88 Å². The lowest BCUT2D eigenvalue weighted by Crippen LogP contribution is -2.47. The van der Waals surface area contributed by atoms with Gasteiger partial charge in [-0.3, -0.25) is 9.59 Å². The van der Waals surface area contributed by atoms with Gasteiger partial charge in [0.25, 0.3) is 5.91 Å². The zero-order valence-electron chi connectivity index (χ0n) is 12.3. The Balaban J connectivity index is 2.55. The summed E-state index contributed by atoms with van der Waals surface area (Å²) in [6, 6.07) is 3.59. The molecule has 0 aromatic carbocycles. The van der Waals surface area contributed by atoms with Crippen LogP contribution in [0.2, 0.25) is 0 Å². The van der Waals surface area contributed by atoms with Crippen LogP contribution in [0.25, 0.3) is 0 Å². The third-order valence-corrected chi connectivity index (χ3v) is 4.48. The molecule has 0 fully saturated rings. The molecule has 0 saturated heterocycles. The van der Waals surface area contributed by atoms with Crippen LogP contribution in [0, 0.1) is 0 Å². The van der Waals surface area contributed by atoms with Gasteiger partial charge in [0.2, 0.25) is 5.91 Å². The molecule has 0 aliphatic rings. The van der Waals surface area contributed by atoms with E-state index < -0.39 is 0 Å². The van der Waals surface area contributed by atoms with Crippen molar-refractivity contribution in [3.8, 4) is 0 Å². The van der Waals surface area contributed by atoms with E-state index in [1.807, 2.05) is 19.9 Å². The van der Waals surface area contributed by atoms with Crippen molar-refractivity contribution in [1.82, 2.24) is 10.2 Å². The van der Waals surface area contributed by atoms with Crippen LogP contribution in [0.1, 0.15) is 43.3 Å². The summed E-state index contributed by atoms with van der Waals surface area (Å²) in [6.45, 7) is 6.14. The number of nitrogens with zero attached hydrogens (tertiary/aromatic N) is 1. The number of hydrogen-bond donors (Lipinski definition) is 1. The van der Waals surface area contributed by atoms with Crippen molar-refractivity contribution in [2.45, 2.75) is 39.2 Å². The van der Waals surface area contributed by atoms with Gasteiger partial charge >= 0.3 is 0 Å². The summed E-state index contributed by atoms with van der Waals surface area (Å²) >= 11 is 4.69. The Bertz CT molecular complexity index is 485. The van der Waals surface area contributed by atoms with Crippen LogP contribution < -0.4 is 5.32 Å². The van der Waals surface area contributed by atoms with E-state index >= 15 is 0 Å². The molecular formula is C14H21BrN2O2S. The lowest BCUT2D eigenvalue weighted by molar-refractivity contribution is -0.123. The minimum atomic E-state index is -0.234. The SMILES string of the molecule is CCCC(C)(C)NC(=O)CN(C)C(=O)c1ccc(Br)s1. The zero-order valence-corrected chi connectivity index (χ0v) is 14.7. The van der Waals surface area contributed by atoms with Gasteiger partial charge in [-0.25, -0.2) is 0 Å². The predicted octanol–water partition coefficient (Wildman–Crippen LogP) is 3.28. The van der Waals surface area contributed by atoms with Gasteiger partial charge in [0.15, 0.2) is 0 Å². The topological polar surface area (TPSA) is 49.4 Å². The lowest BCUT2D eigenvalue weighted by Gasteiger charge is -2.27. The fourth-order valence-electron chi connectivity index (χ4n) is 2.01. The highest BCUT2D eigenvalue weighted by Crippen LogP contribution is 2.23. The molecule has 0 aliphatic heterocycles. The summed E-state index contributed by atoms with van der Waals surface area (Å²) in [4.78, 5) is 26.2. The Labute approximate surface area is 132 Å². The second-order valence-corrected chi connectivity index (χ2v) is 7.91. The second-order valence-electron chi connectivity index (χ2n) is 5.45. The van der Waals surface area contributed by atoms with Gasteiger partial charge < -0.3 is 10.2 Å². The Morgan fingerprint density at radius 1 is 1.40 bits per heavy atom. The molecule has 20 heavy (non-hydrogen) atoms. The van der Waals surface area contributed by atoms with E-state index in [-0.39, 0.29) is 23.9 Å². The summed E-state index contributed by atoms with van der Waals surface area (Å²) in [5.41, 5.74) is -0.234. The van der Waals surface area contributed by atoms with E-state index in [0.717, 1.165) is 16.6 Å². The first-order valence-corrected chi connectivity index (χ1v) is 8.18. The quantitative estimate of drug-likeness (QED) is 0.845. The fourth-order valence-corrected chi connectivity index (χ4v) is 3.39. The van der Waals surface area contributed by atoms with Crippen molar-refractivity contribution in [3.63, 3.8) is 0 Å². The van der Waals surface area contributed by atoms with Gasteiger partial charge in [-0.2, -0.15) is 0 Å². The molecule has 1 aromatic heterocycles. The van der Waals surface area contributed by atoms with Gasteiger partial charge in [0.05, 0.1) is 15.2 Å². The third-order valence-electron chi connectivity index (χ3n) is 2.86. The van der Waals surface area contributed by atoms with Crippen LogP contribution >= 0.6 is 27.3 Å². The molecule has 1 N–H and O–H groups in total. The maximum Gasteiger partial charge on any atom is 0.264 e. The molecule has 4 nitrogen and oxygen atoms in total. The first kappa shape index (κ1) is 17.2. The summed E-state index contributed by atoms with van der Waals surface area (Å²) in [7, 11) is 1.64. The normalized spacial score (nSPS) is 11.2. The van der Waals surface area contributed by atoms with Crippen molar-refractivity contribution in [2.24, 2.45) is 0 Å². The lowest BCUT2D eigenvalue weighted by atomic mass is 9.99. The van der Waals surface area contributed by atoms with Crippen LogP contribution in [-0.2, 0) is 4.79 Å². The number of nitrogens with one attached hydrogen (secondary N) is 1. The standard InChI is InChI=1S/C14H21BrN2O2S/c1-5-8-14(2,3)16-12(18)9-17(4)13(19)10-6-7-11(15)20-10/h6-7H,5,8-9H2,1-4H3,(H,16,18). The van der Waals surface area contributed by atoms with Crippen LogP contribution in [0.5, 0.6) is 0 Å². The van der Waals surface area contributed by atoms with Crippen LogP contribution in [0.15, 0.2) is 15.9 Å². The van der Waals surface area contributed by atoms with Crippen molar-refractivity contribution >= 4 is 39.1 Å². The molecule has 112 valence electrons. The number of amides is 2. The fraction of sp³-hybridized carbons (Fsp3) is 0.571. The third kappa shape index (κ3) is 5.25. The molecule has 1 heterocycles. The van der Waals surface area contributed by atoms with Crippen LogP contribution in [-0.4, -0.2) is 35.8 Å². The van der Waals surface area contributed by atoms with Crippen molar-refractivity contribution in [1.29, 1.82) is 0 Å². The number of carbonyl (C=O) groups is 2. The molecule has 1 rings (SSSR count). The van der Waals surface area contributed by atoms with E-state index in [1.165, 1.54) is 16.2 Å². The summed E-state index contributed by atoms with van der Waals surface area (Å²) in [6.07, 6.45) is 1.92. The molecule has 0 unspecified atom stereocenters. The second kappa shape index (κ2) is 7.22. The molecule has 0 spiro atoms. The average molecular weight is 361 g/mol. The van der Waals surface area contributed by atoms with Gasteiger partial charge in [-0.15, -0.1) is 11.3 Å². The smallest absolute Gasteiger partial charge is 0.264 e. The van der Waals surface area contributed by atoms with Gasteiger partial charge in [-0.05, 0) is 48.3 Å². The Morgan fingerprint density at radius 3 is 2.55 bits per heavy atom. The number of likely N-dealkylation sites (N-methyl/N-ethyl adjacent to an activating group) is 1. The largest absolute Gasteiger partial charge is 0.350 e. The molecule has 0 aliphatic carbocycles. The molecule has 0 bridgehead atoms. The van der Waals surface area contributed by atoms with Crippen LogP contribution in [0.3, 0.4) is 0 Å². The van der Waals surface area contributed by atoms with E-state index in [9.17, 15) is 9.59 Å². The van der Waals surface area contributed by atoms with Crippen molar-refractivity contribution in [3.05, 3.63) is 20.8 Å². The Morgan fingerprint density at radius 2 is 2.05 bits per heavy atom. The molecule has 0 atom stereocenters. The van der Waals surface area contributed by atoms with Gasteiger partial charge in [-0.1, -0.05) is 13.3 Å². The number of hydrogen-bond acceptors (Lipinski definition) is 3. The highest BCUT2D eigenvalue weighted by atomic mass is 79.9. The Hall–Kier alpha value is -0.880. The maximum atomic E-state index is 12.1. The average Bonchev–Trinajstić information content (AvgIpc) is 2.73. The maximum absolute atomic E-state index is 12.1. The molecule has 0 saturated carbocycles. The van der Waals surface area contributed by atoms with E-state index in [2.05, 4.69) is 28.2 Å². The first-order valence-electron chi connectivity index (χ1n) is 6.57. The van der Waals surface area contributed by atoms with E-state index in [4.69, 9.17) is 0 Å². The minimum absolute atomic E-state index is 0.0709. The monoisotopic (exact) mass is 360 g/mol. The summed E-state index contributed by atoms with van der Waals surface area (Å²) in [5, 5.41) is 2.96. The van der Waals surface area contributed by atoms with Crippen molar-refractivity contribution in [2.75, 3.05) is 13.6 Å². The first-order chi connectivity index (χ1) is 9.25. The molecular weight excluding hydrogens is 340 g/mol. The minimum Gasteiger partial charge on any atom is -0.350 e. The number of carbonyl (C=O) groups excluding carboxylic acids is 2. The molecule has 0 radical (unpaired) electrons. The number of halogens is 1. The van der Waals surface area contributed by atoms with Crippen molar-refractivity contribution < 1.29 is 9.59 Å². The van der Waals surface area contributed by atoms with E-state index in [1.54, 1.807) is 13.1 Å².